The van der Waals surface area contributed by atoms with Gasteiger partial charge in [0.15, 0.2) is 6.29 Å². The van der Waals surface area contributed by atoms with Crippen LogP contribution in [0.3, 0.4) is 0 Å². The van der Waals surface area contributed by atoms with Gasteiger partial charge in [-0.1, -0.05) is 6.08 Å². The molecule has 3 amide bonds. The van der Waals surface area contributed by atoms with E-state index in [9.17, 15) is 14.7 Å². The van der Waals surface area contributed by atoms with Crippen LogP contribution in [-0.4, -0.2) is 96.8 Å². The second-order valence-electron chi connectivity index (χ2n) is 6.57. The van der Waals surface area contributed by atoms with E-state index in [1.807, 2.05) is 0 Å². The normalized spacial score (nSPS) is 35.3. The Morgan fingerprint density at radius 2 is 2.04 bits per heavy atom. The van der Waals surface area contributed by atoms with Crippen molar-refractivity contribution in [3.8, 4) is 0 Å². The molecule has 0 aromatic rings. The summed E-state index contributed by atoms with van der Waals surface area (Å²) in [7, 11) is 0. The van der Waals surface area contributed by atoms with E-state index in [0.29, 0.717) is 39.3 Å². The Bertz CT molecular complexity index is 523. The van der Waals surface area contributed by atoms with E-state index in [4.69, 9.17) is 9.47 Å². The maximum absolute atomic E-state index is 12.0. The number of nitrogens with zero attached hydrogens (tertiary/aromatic N) is 2. The molecule has 5 atom stereocenters. The highest BCUT2D eigenvalue weighted by Crippen LogP contribution is 2.31. The smallest absolute Gasteiger partial charge is 0.315 e. The molecule has 0 spiro atoms. The Hall–Kier alpha value is -1.68. The van der Waals surface area contributed by atoms with E-state index >= 15 is 0 Å². The van der Waals surface area contributed by atoms with Gasteiger partial charge in [-0.05, 0) is 0 Å². The molecule has 0 radical (unpaired) electrons. The van der Waals surface area contributed by atoms with Gasteiger partial charge in [0.05, 0.1) is 24.8 Å². The minimum Gasteiger partial charge on any atom is -0.389 e. The fourth-order valence-corrected chi connectivity index (χ4v) is 3.67. The number of aliphatic hydroxyl groups excluding tert-OH is 1. The number of ether oxygens (including phenoxy) is 2. The summed E-state index contributed by atoms with van der Waals surface area (Å²) in [5.74, 6) is 0.0516. The van der Waals surface area contributed by atoms with E-state index < -0.39 is 18.4 Å². The van der Waals surface area contributed by atoms with Gasteiger partial charge in [0.1, 0.15) is 6.10 Å². The van der Waals surface area contributed by atoms with Crippen molar-refractivity contribution in [1.82, 2.24) is 20.4 Å². The molecule has 3 heterocycles. The van der Waals surface area contributed by atoms with Crippen LogP contribution in [0.15, 0.2) is 12.7 Å². The van der Waals surface area contributed by atoms with Gasteiger partial charge in [-0.15, -0.1) is 6.58 Å². The van der Waals surface area contributed by atoms with E-state index in [0.717, 1.165) is 0 Å². The third-order valence-corrected chi connectivity index (χ3v) is 5.02. The molecule has 0 saturated carbocycles. The summed E-state index contributed by atoms with van der Waals surface area (Å²) in [4.78, 5) is 27.3. The zero-order valence-electron chi connectivity index (χ0n) is 14.4. The second kappa shape index (κ2) is 7.69. The lowest BCUT2D eigenvalue weighted by molar-refractivity contribution is -0.185. The number of fused-ring (bicyclic) bond motifs is 2. The molecule has 25 heavy (non-hydrogen) atoms. The van der Waals surface area contributed by atoms with Crippen molar-refractivity contribution in [2.24, 2.45) is 0 Å². The minimum absolute atomic E-state index is 0.0516. The number of nitrogens with one attached hydrogen (secondary N) is 2. The predicted molar refractivity (Wildman–Crippen MR) is 88.8 cm³/mol. The van der Waals surface area contributed by atoms with Crippen LogP contribution < -0.4 is 10.6 Å². The lowest BCUT2D eigenvalue weighted by Crippen LogP contribution is -2.67. The van der Waals surface area contributed by atoms with Crippen LogP contribution in [0.1, 0.15) is 6.92 Å². The van der Waals surface area contributed by atoms with Crippen molar-refractivity contribution in [3.63, 3.8) is 0 Å². The number of amides is 3. The number of rotatable bonds is 4. The molecule has 0 aromatic carbocycles. The molecule has 0 aromatic heterocycles. The van der Waals surface area contributed by atoms with Crippen LogP contribution >= 0.6 is 0 Å². The standard InChI is InChI=1S/C16H26N4O5/c1-3-4-17-16(23)18-12-11-9-24-15(25-11)13(14(12)22)20-7-5-19(6-8-20)10(2)21/h3,11-15,22H,1,4-9H2,2H3,(H2,17,18,23)/t11-,12-,13-,14+,15-/m1/s1. The zero-order valence-corrected chi connectivity index (χ0v) is 14.4. The van der Waals surface area contributed by atoms with Crippen LogP contribution in [0, 0.1) is 0 Å². The van der Waals surface area contributed by atoms with Gasteiger partial charge in [0, 0.05) is 39.6 Å². The Kier molecular flexibility index (Phi) is 5.57. The lowest BCUT2D eigenvalue weighted by Gasteiger charge is -2.46. The van der Waals surface area contributed by atoms with Crippen molar-refractivity contribution in [2.45, 2.75) is 37.5 Å². The van der Waals surface area contributed by atoms with Crippen LogP contribution in [0.2, 0.25) is 0 Å². The lowest BCUT2D eigenvalue weighted by atomic mass is 9.94. The van der Waals surface area contributed by atoms with E-state index in [1.54, 1.807) is 17.9 Å². The molecule has 3 saturated heterocycles. The third-order valence-electron chi connectivity index (χ3n) is 5.02. The topological polar surface area (TPSA) is 103 Å². The first-order chi connectivity index (χ1) is 12.0. The Labute approximate surface area is 146 Å². The largest absolute Gasteiger partial charge is 0.389 e. The Morgan fingerprint density at radius 1 is 1.32 bits per heavy atom. The summed E-state index contributed by atoms with van der Waals surface area (Å²) in [5, 5.41) is 16.3. The fraction of sp³-hybridized carbons (Fsp3) is 0.750. The number of hydrogen-bond acceptors (Lipinski definition) is 6. The van der Waals surface area contributed by atoms with Crippen molar-refractivity contribution in [3.05, 3.63) is 12.7 Å². The first-order valence-corrected chi connectivity index (χ1v) is 8.61. The van der Waals surface area contributed by atoms with Crippen LogP contribution in [0.5, 0.6) is 0 Å². The zero-order chi connectivity index (χ0) is 18.0. The number of piperazine rings is 1. The number of aliphatic hydroxyl groups is 1. The molecule has 3 rings (SSSR count). The highest BCUT2D eigenvalue weighted by molar-refractivity contribution is 5.74. The summed E-state index contributed by atoms with van der Waals surface area (Å²) in [5.41, 5.74) is 0. The SMILES string of the molecule is C=CCNC(=O)N[C@H]1[C@H](O)[C@@H](N2CCN(C(C)=O)CC2)[C@@H]2OC[C@H]1O2. The molecule has 0 aliphatic carbocycles. The molecule has 3 aliphatic heterocycles. The molecule has 3 fully saturated rings. The molecule has 3 N–H and O–H groups in total. The number of carbonyl (C=O) groups is 2. The van der Waals surface area contributed by atoms with Crippen molar-refractivity contribution in [1.29, 1.82) is 0 Å². The summed E-state index contributed by atoms with van der Waals surface area (Å²) < 4.78 is 11.5. The molecule has 9 heteroatoms. The van der Waals surface area contributed by atoms with Gasteiger partial charge in [-0.2, -0.15) is 0 Å². The average molecular weight is 354 g/mol. The van der Waals surface area contributed by atoms with Gasteiger partial charge in [0.25, 0.3) is 0 Å². The van der Waals surface area contributed by atoms with E-state index in [-0.39, 0.29) is 24.1 Å². The maximum Gasteiger partial charge on any atom is 0.315 e. The molecular weight excluding hydrogens is 328 g/mol. The van der Waals surface area contributed by atoms with Crippen LogP contribution in [-0.2, 0) is 14.3 Å². The van der Waals surface area contributed by atoms with E-state index in [2.05, 4.69) is 22.1 Å². The van der Waals surface area contributed by atoms with Crippen LogP contribution in [0.4, 0.5) is 4.79 Å². The number of hydrogen-bond donors (Lipinski definition) is 3. The molecular formula is C16H26N4O5. The van der Waals surface area contributed by atoms with Crippen molar-refractivity contribution < 1.29 is 24.2 Å². The van der Waals surface area contributed by atoms with E-state index in [1.165, 1.54) is 0 Å². The van der Waals surface area contributed by atoms with Crippen LogP contribution in [0.25, 0.3) is 0 Å². The summed E-state index contributed by atoms with van der Waals surface area (Å²) in [6, 6.07) is -1.31. The quantitative estimate of drug-likeness (QED) is 0.531. The van der Waals surface area contributed by atoms with Crippen molar-refractivity contribution >= 4 is 11.9 Å². The predicted octanol–water partition coefficient (Wildman–Crippen LogP) is -1.51. The Morgan fingerprint density at radius 3 is 2.68 bits per heavy atom. The molecule has 3 aliphatic rings. The van der Waals surface area contributed by atoms with Gasteiger partial charge in [0.2, 0.25) is 5.91 Å². The monoisotopic (exact) mass is 354 g/mol. The highest BCUT2D eigenvalue weighted by atomic mass is 16.7. The molecule has 140 valence electrons. The fourth-order valence-electron chi connectivity index (χ4n) is 3.67. The average Bonchev–Trinajstić information content (AvgIpc) is 3.02. The molecule has 0 unspecified atom stereocenters. The number of urea groups is 1. The van der Waals surface area contributed by atoms with Gasteiger partial charge in [-0.3, -0.25) is 9.69 Å². The Balaban J connectivity index is 1.65. The third kappa shape index (κ3) is 3.79. The first-order valence-electron chi connectivity index (χ1n) is 8.61. The van der Waals surface area contributed by atoms with Gasteiger partial charge in [-0.25, -0.2) is 4.79 Å². The summed E-state index contributed by atoms with van der Waals surface area (Å²) in [6.45, 7) is 8.25. The van der Waals surface area contributed by atoms with Gasteiger partial charge >= 0.3 is 6.03 Å². The first kappa shape index (κ1) is 18.1. The molecule has 2 bridgehead atoms. The second-order valence-corrected chi connectivity index (χ2v) is 6.57. The number of carbonyl (C=O) groups excluding carboxylic acids is 2. The van der Waals surface area contributed by atoms with Gasteiger partial charge < -0.3 is 30.1 Å². The highest BCUT2D eigenvalue weighted by Gasteiger charge is 2.52. The summed E-state index contributed by atoms with van der Waals surface area (Å²) in [6.07, 6.45) is -0.119. The molecule has 9 nitrogen and oxygen atoms in total. The maximum atomic E-state index is 12.0. The van der Waals surface area contributed by atoms with Crippen molar-refractivity contribution in [2.75, 3.05) is 39.3 Å². The summed E-state index contributed by atoms with van der Waals surface area (Å²) >= 11 is 0. The minimum atomic E-state index is -0.815.